The van der Waals surface area contributed by atoms with Crippen LogP contribution in [0.1, 0.15) is 26.6 Å². The van der Waals surface area contributed by atoms with Gasteiger partial charge in [-0.1, -0.05) is 13.8 Å². The van der Waals surface area contributed by atoms with Gasteiger partial charge in [-0.05, 0) is 19.4 Å². The molecule has 1 aromatic rings. The van der Waals surface area contributed by atoms with Gasteiger partial charge in [0, 0.05) is 7.11 Å². The Balaban J connectivity index is 2.44. The Bertz CT molecular complexity index is 298. The number of rotatable bonds is 7. The zero-order valence-corrected chi connectivity index (χ0v) is 10.6. The number of ether oxygens (including phenoxy) is 1. The Hall–Kier alpha value is -0.940. The highest BCUT2D eigenvalue weighted by Gasteiger charge is 2.07. The first-order valence-corrected chi connectivity index (χ1v) is 5.73. The monoisotopic (exact) mass is 226 g/mol. The summed E-state index contributed by atoms with van der Waals surface area (Å²) < 4.78 is 7.10. The molecule has 1 unspecified atom stereocenters. The minimum atomic E-state index is 0.158. The second-order valence-electron chi connectivity index (χ2n) is 4.43. The fourth-order valence-electron chi connectivity index (χ4n) is 1.37. The van der Waals surface area contributed by atoms with E-state index in [9.17, 15) is 0 Å². The molecular formula is C11H22N4O. The van der Waals surface area contributed by atoms with Gasteiger partial charge >= 0.3 is 0 Å². The molecule has 0 aliphatic heterocycles. The Morgan fingerprint density at radius 3 is 2.81 bits per heavy atom. The predicted molar refractivity (Wildman–Crippen MR) is 63.0 cm³/mol. The van der Waals surface area contributed by atoms with Crippen molar-refractivity contribution in [1.82, 2.24) is 20.1 Å². The van der Waals surface area contributed by atoms with E-state index in [1.54, 1.807) is 13.4 Å². The Kier molecular flexibility index (Phi) is 5.42. The van der Waals surface area contributed by atoms with Crippen molar-refractivity contribution < 1.29 is 4.74 Å². The van der Waals surface area contributed by atoms with Crippen LogP contribution in [0.3, 0.4) is 0 Å². The second-order valence-corrected chi connectivity index (χ2v) is 4.43. The van der Waals surface area contributed by atoms with E-state index >= 15 is 0 Å². The molecule has 5 heteroatoms. The van der Waals surface area contributed by atoms with Crippen LogP contribution in [0.15, 0.2) is 6.33 Å². The first kappa shape index (κ1) is 13.1. The number of hydrogen-bond donors (Lipinski definition) is 1. The lowest BCUT2D eigenvalue weighted by atomic mass is 10.2. The molecule has 1 atom stereocenters. The van der Waals surface area contributed by atoms with Crippen molar-refractivity contribution in [2.45, 2.75) is 40.0 Å². The fourth-order valence-corrected chi connectivity index (χ4v) is 1.37. The molecule has 0 aliphatic carbocycles. The van der Waals surface area contributed by atoms with Gasteiger partial charge in [-0.2, -0.15) is 5.10 Å². The van der Waals surface area contributed by atoms with Crippen LogP contribution in [0.25, 0.3) is 0 Å². The Morgan fingerprint density at radius 1 is 1.44 bits per heavy atom. The van der Waals surface area contributed by atoms with Crippen molar-refractivity contribution in [2.75, 3.05) is 13.7 Å². The highest BCUT2D eigenvalue weighted by molar-refractivity contribution is 4.84. The number of nitrogens with one attached hydrogen (secondary N) is 1. The smallest absolute Gasteiger partial charge is 0.140 e. The van der Waals surface area contributed by atoms with Crippen LogP contribution in [-0.4, -0.2) is 34.5 Å². The molecule has 0 saturated heterocycles. The number of hydrogen-bond acceptors (Lipinski definition) is 4. The lowest BCUT2D eigenvalue weighted by Gasteiger charge is -2.12. The van der Waals surface area contributed by atoms with E-state index in [-0.39, 0.29) is 6.10 Å². The summed E-state index contributed by atoms with van der Waals surface area (Å²) in [6, 6.07) is 0. The maximum absolute atomic E-state index is 5.21. The summed E-state index contributed by atoms with van der Waals surface area (Å²) in [4.78, 5) is 4.23. The number of nitrogens with zero attached hydrogens (tertiary/aromatic N) is 3. The molecule has 0 bridgehead atoms. The molecule has 0 amide bonds. The van der Waals surface area contributed by atoms with Crippen molar-refractivity contribution in [3.8, 4) is 0 Å². The van der Waals surface area contributed by atoms with Gasteiger partial charge in [0.15, 0.2) is 0 Å². The molecule has 1 rings (SSSR count). The molecule has 0 fully saturated rings. The summed E-state index contributed by atoms with van der Waals surface area (Å²) in [5.74, 6) is 1.61. The topological polar surface area (TPSA) is 52.0 Å². The van der Waals surface area contributed by atoms with E-state index in [1.165, 1.54) is 0 Å². The predicted octanol–water partition coefficient (Wildman–Crippen LogP) is 1.06. The van der Waals surface area contributed by atoms with E-state index in [0.29, 0.717) is 5.92 Å². The van der Waals surface area contributed by atoms with E-state index in [1.807, 2.05) is 11.6 Å². The van der Waals surface area contributed by atoms with Gasteiger partial charge < -0.3 is 10.1 Å². The highest BCUT2D eigenvalue weighted by Crippen LogP contribution is 1.99. The average Bonchev–Trinajstić information content (AvgIpc) is 2.65. The molecule has 1 N–H and O–H groups in total. The van der Waals surface area contributed by atoms with Crippen molar-refractivity contribution in [3.63, 3.8) is 0 Å². The SMILES string of the molecule is COC(C)Cn1ncnc1CNCC(C)C. The van der Waals surface area contributed by atoms with E-state index in [2.05, 4.69) is 29.2 Å². The molecule has 1 aromatic heterocycles. The molecular weight excluding hydrogens is 204 g/mol. The van der Waals surface area contributed by atoms with Gasteiger partial charge in [0.25, 0.3) is 0 Å². The fraction of sp³-hybridized carbons (Fsp3) is 0.818. The molecule has 0 radical (unpaired) electrons. The van der Waals surface area contributed by atoms with Crippen molar-refractivity contribution >= 4 is 0 Å². The van der Waals surface area contributed by atoms with E-state index < -0.39 is 0 Å². The van der Waals surface area contributed by atoms with Gasteiger partial charge in [-0.15, -0.1) is 0 Å². The Labute approximate surface area is 97.2 Å². The molecule has 16 heavy (non-hydrogen) atoms. The van der Waals surface area contributed by atoms with Crippen molar-refractivity contribution in [2.24, 2.45) is 5.92 Å². The summed E-state index contributed by atoms with van der Waals surface area (Å²) in [6.07, 6.45) is 1.75. The molecule has 92 valence electrons. The van der Waals surface area contributed by atoms with Gasteiger partial charge in [0.1, 0.15) is 12.2 Å². The third-order valence-corrected chi connectivity index (χ3v) is 2.36. The standard InChI is InChI=1S/C11H22N4O/c1-9(2)5-12-6-11-13-8-14-15(11)7-10(3)16-4/h8-10,12H,5-7H2,1-4H3. The largest absolute Gasteiger partial charge is 0.380 e. The van der Waals surface area contributed by atoms with Crippen LogP contribution < -0.4 is 5.32 Å². The third-order valence-electron chi connectivity index (χ3n) is 2.36. The van der Waals surface area contributed by atoms with Crippen LogP contribution in [0, 0.1) is 5.92 Å². The van der Waals surface area contributed by atoms with Crippen molar-refractivity contribution in [1.29, 1.82) is 0 Å². The summed E-state index contributed by atoms with van der Waals surface area (Å²) >= 11 is 0. The van der Waals surface area contributed by atoms with Gasteiger partial charge in [0.05, 0.1) is 19.2 Å². The van der Waals surface area contributed by atoms with Gasteiger partial charge in [-0.3, -0.25) is 0 Å². The lowest BCUT2D eigenvalue weighted by molar-refractivity contribution is 0.0987. The molecule has 5 nitrogen and oxygen atoms in total. The van der Waals surface area contributed by atoms with Crippen LogP contribution in [0.2, 0.25) is 0 Å². The van der Waals surface area contributed by atoms with Gasteiger partial charge in [0.2, 0.25) is 0 Å². The first-order chi connectivity index (χ1) is 7.63. The summed E-state index contributed by atoms with van der Waals surface area (Å²) in [5.41, 5.74) is 0. The molecule has 0 aliphatic rings. The van der Waals surface area contributed by atoms with Crippen molar-refractivity contribution in [3.05, 3.63) is 12.2 Å². The summed E-state index contributed by atoms with van der Waals surface area (Å²) in [6.45, 7) is 8.89. The summed E-state index contributed by atoms with van der Waals surface area (Å²) in [7, 11) is 1.71. The summed E-state index contributed by atoms with van der Waals surface area (Å²) in [5, 5.41) is 7.54. The zero-order valence-electron chi connectivity index (χ0n) is 10.6. The minimum absolute atomic E-state index is 0.158. The molecule has 0 spiro atoms. The quantitative estimate of drug-likeness (QED) is 0.755. The lowest BCUT2D eigenvalue weighted by Crippen LogP contribution is -2.24. The van der Waals surface area contributed by atoms with Crippen LogP contribution in [0.5, 0.6) is 0 Å². The first-order valence-electron chi connectivity index (χ1n) is 5.73. The van der Waals surface area contributed by atoms with Crippen LogP contribution in [0.4, 0.5) is 0 Å². The molecule has 0 aromatic carbocycles. The molecule has 0 saturated carbocycles. The number of aromatic nitrogens is 3. The van der Waals surface area contributed by atoms with Crippen LogP contribution in [-0.2, 0) is 17.8 Å². The second kappa shape index (κ2) is 6.60. The third kappa shape index (κ3) is 4.28. The maximum atomic E-state index is 5.21. The highest BCUT2D eigenvalue weighted by atomic mass is 16.5. The minimum Gasteiger partial charge on any atom is -0.380 e. The molecule has 1 heterocycles. The average molecular weight is 226 g/mol. The Morgan fingerprint density at radius 2 is 2.19 bits per heavy atom. The normalized spacial score (nSPS) is 13.3. The van der Waals surface area contributed by atoms with Crippen LogP contribution >= 0.6 is 0 Å². The maximum Gasteiger partial charge on any atom is 0.140 e. The van der Waals surface area contributed by atoms with E-state index in [4.69, 9.17) is 4.74 Å². The van der Waals surface area contributed by atoms with E-state index in [0.717, 1.165) is 25.5 Å². The number of methoxy groups -OCH3 is 1. The zero-order chi connectivity index (χ0) is 12.0. The van der Waals surface area contributed by atoms with Gasteiger partial charge in [-0.25, -0.2) is 9.67 Å².